The van der Waals surface area contributed by atoms with Gasteiger partial charge in [-0.1, -0.05) is 12.1 Å². The van der Waals surface area contributed by atoms with E-state index in [1.807, 2.05) is 24.5 Å². The first-order chi connectivity index (χ1) is 13.2. The third-order valence-corrected chi connectivity index (χ3v) is 5.58. The average molecular weight is 366 g/mol. The zero-order valence-electron chi connectivity index (χ0n) is 15.5. The van der Waals surface area contributed by atoms with E-state index in [9.17, 15) is 4.79 Å². The van der Waals surface area contributed by atoms with Crippen molar-refractivity contribution >= 4 is 11.9 Å². The van der Waals surface area contributed by atoms with Gasteiger partial charge in [-0.3, -0.25) is 4.90 Å². The third kappa shape index (κ3) is 4.45. The highest BCUT2D eigenvalue weighted by Gasteiger charge is 2.23. The first kappa shape index (κ1) is 17.9. The number of nitrogens with zero attached hydrogens (tertiary/aromatic N) is 4. The molecular formula is C21H26N4O2. The van der Waals surface area contributed by atoms with E-state index in [0.717, 1.165) is 45.1 Å². The van der Waals surface area contributed by atoms with Crippen LogP contribution in [0, 0.1) is 5.92 Å². The average Bonchev–Trinajstić information content (AvgIpc) is 3.35. The van der Waals surface area contributed by atoms with Crippen LogP contribution in [0.5, 0.6) is 0 Å². The normalized spacial score (nSPS) is 20.3. The summed E-state index contributed by atoms with van der Waals surface area (Å²) in [6, 6.07) is 7.28. The molecule has 0 aliphatic carbocycles. The molecule has 142 valence electrons. The SMILES string of the molecule is O=C(O)c1ccc(C[C@H]2CCN(Cc3cnc(N4CCCC4)nc3)C2)cc1. The van der Waals surface area contributed by atoms with Crippen LogP contribution in [-0.4, -0.2) is 52.1 Å². The van der Waals surface area contributed by atoms with Crippen LogP contribution in [0.4, 0.5) is 5.95 Å². The van der Waals surface area contributed by atoms with Gasteiger partial charge < -0.3 is 10.0 Å². The lowest BCUT2D eigenvalue weighted by atomic mass is 9.98. The molecule has 2 aromatic rings. The first-order valence-corrected chi connectivity index (χ1v) is 9.78. The van der Waals surface area contributed by atoms with Gasteiger partial charge >= 0.3 is 5.97 Å². The van der Waals surface area contributed by atoms with Gasteiger partial charge in [0.2, 0.25) is 5.95 Å². The second-order valence-corrected chi connectivity index (χ2v) is 7.68. The molecule has 0 radical (unpaired) electrons. The molecule has 3 heterocycles. The van der Waals surface area contributed by atoms with Crippen LogP contribution in [0.3, 0.4) is 0 Å². The van der Waals surface area contributed by atoms with Gasteiger partial charge in [-0.15, -0.1) is 0 Å². The molecule has 1 N–H and O–H groups in total. The number of carbonyl (C=O) groups is 1. The lowest BCUT2D eigenvalue weighted by Crippen LogP contribution is -2.22. The van der Waals surface area contributed by atoms with Crippen LogP contribution in [0.15, 0.2) is 36.7 Å². The van der Waals surface area contributed by atoms with Gasteiger partial charge in [0.05, 0.1) is 5.56 Å². The van der Waals surface area contributed by atoms with Crippen LogP contribution in [0.2, 0.25) is 0 Å². The summed E-state index contributed by atoms with van der Waals surface area (Å²) >= 11 is 0. The molecule has 6 nitrogen and oxygen atoms in total. The summed E-state index contributed by atoms with van der Waals surface area (Å²) in [5, 5.41) is 8.99. The van der Waals surface area contributed by atoms with Crippen molar-refractivity contribution in [3.63, 3.8) is 0 Å². The van der Waals surface area contributed by atoms with Crippen molar-refractivity contribution in [2.75, 3.05) is 31.1 Å². The molecule has 4 rings (SSSR count). The first-order valence-electron chi connectivity index (χ1n) is 9.78. The van der Waals surface area contributed by atoms with Crippen molar-refractivity contribution in [3.8, 4) is 0 Å². The van der Waals surface area contributed by atoms with Crippen molar-refractivity contribution in [2.24, 2.45) is 5.92 Å². The summed E-state index contributed by atoms with van der Waals surface area (Å²) in [6.45, 7) is 5.19. The molecule has 0 saturated carbocycles. The number of hydrogen-bond acceptors (Lipinski definition) is 5. The molecule has 2 saturated heterocycles. The number of carboxylic acids is 1. The van der Waals surface area contributed by atoms with E-state index in [1.165, 1.54) is 30.4 Å². The fourth-order valence-electron chi connectivity index (χ4n) is 4.11. The Balaban J connectivity index is 1.28. The molecule has 2 aliphatic rings. The van der Waals surface area contributed by atoms with Crippen molar-refractivity contribution < 1.29 is 9.90 Å². The largest absolute Gasteiger partial charge is 0.478 e. The van der Waals surface area contributed by atoms with Gasteiger partial charge in [0.25, 0.3) is 0 Å². The van der Waals surface area contributed by atoms with E-state index in [0.29, 0.717) is 11.5 Å². The number of benzene rings is 1. The number of hydrogen-bond donors (Lipinski definition) is 1. The molecule has 0 bridgehead atoms. The number of carboxylic acid groups (broad SMARTS) is 1. The van der Waals surface area contributed by atoms with Crippen molar-refractivity contribution in [3.05, 3.63) is 53.3 Å². The Hall–Kier alpha value is -2.47. The van der Waals surface area contributed by atoms with Gasteiger partial charge in [-0.05, 0) is 55.8 Å². The second-order valence-electron chi connectivity index (χ2n) is 7.68. The minimum atomic E-state index is -0.869. The van der Waals surface area contributed by atoms with E-state index < -0.39 is 5.97 Å². The minimum Gasteiger partial charge on any atom is -0.478 e. The predicted molar refractivity (Wildman–Crippen MR) is 104 cm³/mol. The van der Waals surface area contributed by atoms with Crippen LogP contribution >= 0.6 is 0 Å². The summed E-state index contributed by atoms with van der Waals surface area (Å²) in [5.41, 5.74) is 2.73. The van der Waals surface area contributed by atoms with E-state index >= 15 is 0 Å². The summed E-state index contributed by atoms with van der Waals surface area (Å²) in [5.74, 6) is 0.609. The zero-order valence-corrected chi connectivity index (χ0v) is 15.5. The van der Waals surface area contributed by atoms with E-state index in [2.05, 4.69) is 19.8 Å². The zero-order chi connectivity index (χ0) is 18.6. The Bertz CT molecular complexity index is 770. The smallest absolute Gasteiger partial charge is 0.335 e. The second kappa shape index (κ2) is 8.05. The summed E-state index contributed by atoms with van der Waals surface area (Å²) in [6.07, 6.45) is 8.59. The maximum atomic E-state index is 10.9. The van der Waals surface area contributed by atoms with Gasteiger partial charge in [0, 0.05) is 44.1 Å². The van der Waals surface area contributed by atoms with Gasteiger partial charge in [-0.2, -0.15) is 0 Å². The maximum Gasteiger partial charge on any atom is 0.335 e. The summed E-state index contributed by atoms with van der Waals surface area (Å²) in [4.78, 5) is 24.8. The number of aromatic carboxylic acids is 1. The number of anilines is 1. The molecule has 1 aromatic carbocycles. The Labute approximate surface area is 159 Å². The quantitative estimate of drug-likeness (QED) is 0.848. The minimum absolute atomic E-state index is 0.351. The summed E-state index contributed by atoms with van der Waals surface area (Å²) in [7, 11) is 0. The molecule has 27 heavy (non-hydrogen) atoms. The Morgan fingerprint density at radius 1 is 1.04 bits per heavy atom. The van der Waals surface area contributed by atoms with Crippen molar-refractivity contribution in [2.45, 2.75) is 32.2 Å². The third-order valence-electron chi connectivity index (χ3n) is 5.58. The molecule has 0 amide bonds. The Kier molecular flexibility index (Phi) is 5.34. The van der Waals surface area contributed by atoms with E-state index in [-0.39, 0.29) is 0 Å². The fraction of sp³-hybridized carbons (Fsp3) is 0.476. The molecule has 1 aromatic heterocycles. The van der Waals surface area contributed by atoms with Crippen molar-refractivity contribution in [1.82, 2.24) is 14.9 Å². The molecule has 0 spiro atoms. The Morgan fingerprint density at radius 2 is 1.74 bits per heavy atom. The monoisotopic (exact) mass is 366 g/mol. The van der Waals surface area contributed by atoms with E-state index in [1.54, 1.807) is 12.1 Å². The highest BCUT2D eigenvalue weighted by molar-refractivity contribution is 5.87. The van der Waals surface area contributed by atoms with Crippen molar-refractivity contribution in [1.29, 1.82) is 0 Å². The highest BCUT2D eigenvalue weighted by Crippen LogP contribution is 2.23. The number of rotatable bonds is 6. The van der Waals surface area contributed by atoms with Crippen LogP contribution < -0.4 is 4.90 Å². The maximum absolute atomic E-state index is 10.9. The highest BCUT2D eigenvalue weighted by atomic mass is 16.4. The number of aromatic nitrogens is 2. The molecular weight excluding hydrogens is 340 g/mol. The molecule has 2 aliphatic heterocycles. The Morgan fingerprint density at radius 3 is 2.41 bits per heavy atom. The van der Waals surface area contributed by atoms with Crippen LogP contribution in [0.1, 0.15) is 40.7 Å². The summed E-state index contributed by atoms with van der Waals surface area (Å²) < 4.78 is 0. The molecule has 6 heteroatoms. The van der Waals surface area contributed by atoms with Gasteiger partial charge in [0.15, 0.2) is 0 Å². The number of likely N-dealkylation sites (tertiary alicyclic amines) is 1. The lowest BCUT2D eigenvalue weighted by Gasteiger charge is -2.18. The van der Waals surface area contributed by atoms with Crippen LogP contribution in [-0.2, 0) is 13.0 Å². The standard InChI is InChI=1S/C21H26N4O2/c26-20(27)19-5-3-16(4-6-19)11-17-7-10-24(14-17)15-18-12-22-21(23-13-18)25-8-1-2-9-25/h3-6,12-13,17H,1-2,7-11,14-15H2,(H,26,27)/t17-/m1/s1. The molecule has 2 fully saturated rings. The predicted octanol–water partition coefficient (Wildman–Crippen LogP) is 2.84. The fourth-order valence-corrected chi connectivity index (χ4v) is 4.11. The lowest BCUT2D eigenvalue weighted by molar-refractivity contribution is 0.0697. The molecule has 0 unspecified atom stereocenters. The van der Waals surface area contributed by atoms with Crippen LogP contribution in [0.25, 0.3) is 0 Å². The topological polar surface area (TPSA) is 69.6 Å². The van der Waals surface area contributed by atoms with E-state index in [4.69, 9.17) is 5.11 Å². The molecule has 1 atom stereocenters. The van der Waals surface area contributed by atoms with Gasteiger partial charge in [0.1, 0.15) is 0 Å². The van der Waals surface area contributed by atoms with Gasteiger partial charge in [-0.25, -0.2) is 14.8 Å².